The van der Waals surface area contributed by atoms with Crippen LogP contribution >= 0.6 is 0 Å². The van der Waals surface area contributed by atoms with E-state index in [0.29, 0.717) is 0 Å². The maximum atomic E-state index is 8.46. The molecular weight excluding hydrogens is 88.0 g/mol. The van der Waals surface area contributed by atoms with Gasteiger partial charge in [0, 0.05) is 4.91 Å². The summed E-state index contributed by atoms with van der Waals surface area (Å²) < 4.78 is 0. The van der Waals surface area contributed by atoms with E-state index in [1.165, 1.54) is 0 Å². The molecule has 0 aliphatic heterocycles. The number of nitrogens with two attached hydrogens (primary N) is 1. The Morgan fingerprint density at radius 1 is 1.50 bits per heavy atom. The van der Waals surface area contributed by atoms with Gasteiger partial charge in [0.15, 0.2) is 0 Å². The largest absolute Gasteiger partial charge is 0.870 e. The molecule has 0 fully saturated rings. The molecule has 0 unspecified atom stereocenters. The van der Waals surface area contributed by atoms with Crippen LogP contribution in [-0.2, 0) is 0 Å². The summed E-state index contributed by atoms with van der Waals surface area (Å²) >= 11 is 0. The SMILES string of the molecule is C.N[NH+]=O.O.[OH-]. The number of nitrogens with one attached hydrogen (secondary N) is 1. The smallest absolute Gasteiger partial charge is 0.0972 e. The number of hydrazine groups is 1. The van der Waals surface area contributed by atoms with Gasteiger partial charge in [0.05, 0.1) is 5.29 Å². The molecule has 6 N–H and O–H groups in total. The van der Waals surface area contributed by atoms with Crippen molar-refractivity contribution in [3.05, 3.63) is 4.91 Å². The molecule has 5 nitrogen and oxygen atoms in total. The van der Waals surface area contributed by atoms with Crippen LogP contribution in [-0.4, -0.2) is 11.0 Å². The van der Waals surface area contributed by atoms with E-state index in [2.05, 4.69) is 5.84 Å². The summed E-state index contributed by atoms with van der Waals surface area (Å²) in [6.07, 6.45) is 0. The highest BCUT2D eigenvalue weighted by Gasteiger charge is 1.23. The predicted octanol–water partition coefficient (Wildman–Crippen LogP) is -2.66. The molecule has 0 aliphatic rings. The van der Waals surface area contributed by atoms with Crippen molar-refractivity contribution in [2.24, 2.45) is 5.84 Å². The van der Waals surface area contributed by atoms with Gasteiger partial charge in [0.1, 0.15) is 0 Å². The van der Waals surface area contributed by atoms with Gasteiger partial charge in [-0.15, -0.1) is 0 Å². The number of nitroso groups, excluding NO2 is 1. The molecule has 0 heterocycles. The Morgan fingerprint density at radius 2 is 1.50 bits per heavy atom. The molecule has 6 heavy (non-hydrogen) atoms. The maximum absolute atomic E-state index is 8.46. The third-order valence-corrected chi connectivity index (χ3v) is 0. The van der Waals surface area contributed by atoms with Crippen molar-refractivity contribution in [3.8, 4) is 0 Å². The molecule has 0 rings (SSSR count). The summed E-state index contributed by atoms with van der Waals surface area (Å²) in [7, 11) is 0. The molecule has 0 aromatic rings. The molecular formula is CH10N2O3. The van der Waals surface area contributed by atoms with Crippen LogP contribution in [0, 0.1) is 4.91 Å². The Morgan fingerprint density at radius 3 is 1.50 bits per heavy atom. The number of hydrogen-bond donors (Lipinski definition) is 2. The van der Waals surface area contributed by atoms with E-state index in [1.807, 2.05) is 0 Å². The fourth-order valence-corrected chi connectivity index (χ4v) is 0. The highest BCUT2D eigenvalue weighted by atomic mass is 16.3. The molecule has 0 bridgehead atoms. The van der Waals surface area contributed by atoms with Crippen LogP contribution in [0.15, 0.2) is 0 Å². The fraction of sp³-hybridized carbons (Fsp3) is 1.00. The Kier molecular flexibility index (Phi) is 4420. The van der Waals surface area contributed by atoms with Gasteiger partial charge in [0.25, 0.3) is 0 Å². The lowest BCUT2D eigenvalue weighted by Gasteiger charge is -1.23. The first-order valence-corrected chi connectivity index (χ1v) is 0.493. The monoisotopic (exact) mass is 98.1 g/mol. The Balaban J connectivity index is -0.00000000667. The average molecular weight is 98.1 g/mol. The molecule has 0 radical (unpaired) electrons. The van der Waals surface area contributed by atoms with E-state index in [1.54, 1.807) is 0 Å². The van der Waals surface area contributed by atoms with Crippen molar-refractivity contribution < 1.29 is 16.2 Å². The zero-order valence-corrected chi connectivity index (χ0v) is 2.43. The second-order valence-corrected chi connectivity index (χ2v) is 0.118. The normalized spacial score (nSPS) is 2.00. The Bertz CT molecular complexity index is 16.3. The van der Waals surface area contributed by atoms with E-state index >= 15 is 0 Å². The molecule has 0 saturated heterocycles. The van der Waals surface area contributed by atoms with E-state index in [0.717, 1.165) is 5.29 Å². The summed E-state index contributed by atoms with van der Waals surface area (Å²) in [6, 6.07) is 0. The van der Waals surface area contributed by atoms with Gasteiger partial charge in [0.2, 0.25) is 0 Å². The second kappa shape index (κ2) is 465. The topological polar surface area (TPSA) is 119 Å². The van der Waals surface area contributed by atoms with E-state index in [9.17, 15) is 0 Å². The predicted molar refractivity (Wildman–Crippen MR) is 20.8 cm³/mol. The Labute approximate surface area is 35.7 Å². The lowest BCUT2D eigenvalue weighted by molar-refractivity contribution is -0.492. The summed E-state index contributed by atoms with van der Waals surface area (Å²) in [6.45, 7) is 0. The molecule has 0 spiro atoms. The van der Waals surface area contributed by atoms with Gasteiger partial charge < -0.3 is 11.0 Å². The molecule has 0 amide bonds. The maximum Gasteiger partial charge on any atom is 0.0972 e. The van der Waals surface area contributed by atoms with Crippen molar-refractivity contribution >= 4 is 0 Å². The third kappa shape index (κ3) is 38.6. The van der Waals surface area contributed by atoms with Crippen molar-refractivity contribution in [2.75, 3.05) is 0 Å². The fourth-order valence-electron chi connectivity index (χ4n) is 0. The molecule has 5 heteroatoms. The lowest BCUT2D eigenvalue weighted by atomic mass is 12.0. The van der Waals surface area contributed by atoms with Gasteiger partial charge in [-0.2, -0.15) is 5.84 Å². The van der Waals surface area contributed by atoms with Crippen molar-refractivity contribution in [1.29, 1.82) is 0 Å². The van der Waals surface area contributed by atoms with E-state index in [4.69, 9.17) is 4.91 Å². The molecule has 0 saturated carbocycles. The minimum Gasteiger partial charge on any atom is -0.870 e. The highest BCUT2D eigenvalue weighted by molar-refractivity contribution is 3.55. The molecule has 0 atom stereocenters. The van der Waals surface area contributed by atoms with Gasteiger partial charge in [-0.1, -0.05) is 7.43 Å². The van der Waals surface area contributed by atoms with Crippen LogP contribution in [0.3, 0.4) is 0 Å². The van der Waals surface area contributed by atoms with Crippen LogP contribution in [0.25, 0.3) is 0 Å². The highest BCUT2D eigenvalue weighted by Crippen LogP contribution is 0.352. The molecule has 0 aliphatic carbocycles. The molecule has 0 aromatic carbocycles. The molecule has 42 valence electrons. The van der Waals surface area contributed by atoms with Gasteiger partial charge in [-0.25, -0.2) is 0 Å². The zero-order valence-electron chi connectivity index (χ0n) is 2.43. The molecule has 0 aromatic heterocycles. The van der Waals surface area contributed by atoms with Crippen LogP contribution in [0.5, 0.6) is 0 Å². The third-order valence-electron chi connectivity index (χ3n) is 0. The van der Waals surface area contributed by atoms with Gasteiger partial charge >= 0.3 is 0 Å². The number of rotatable bonds is 0. The van der Waals surface area contributed by atoms with Crippen LogP contribution in [0.4, 0.5) is 0 Å². The van der Waals surface area contributed by atoms with Gasteiger partial charge in [-0.05, 0) is 0 Å². The van der Waals surface area contributed by atoms with Crippen LogP contribution in [0.2, 0.25) is 0 Å². The number of hydrogen-bond acceptors (Lipinski definition) is 2. The first-order valence-electron chi connectivity index (χ1n) is 0.493. The minimum atomic E-state index is 0. The van der Waals surface area contributed by atoms with Crippen molar-refractivity contribution in [2.45, 2.75) is 7.43 Å². The standard InChI is InChI=1S/CH4.H2N2O.2H2O/c;1-2-3;;/h1H4;(H2,1,3);2*1H2. The van der Waals surface area contributed by atoms with Crippen LogP contribution in [0.1, 0.15) is 7.43 Å². The van der Waals surface area contributed by atoms with Crippen LogP contribution < -0.4 is 11.1 Å². The van der Waals surface area contributed by atoms with Crippen molar-refractivity contribution in [3.63, 3.8) is 0 Å². The summed E-state index contributed by atoms with van der Waals surface area (Å²) in [5.74, 6) is 4.04. The van der Waals surface area contributed by atoms with E-state index < -0.39 is 0 Å². The minimum absolute atomic E-state index is 0. The lowest BCUT2D eigenvalue weighted by Crippen LogP contribution is -2.72. The first-order chi connectivity index (χ1) is 1.41. The summed E-state index contributed by atoms with van der Waals surface area (Å²) in [4.78, 5) is 8.46. The summed E-state index contributed by atoms with van der Waals surface area (Å²) in [5, 5.41) is 1.00. The quantitative estimate of drug-likeness (QED) is 0.254. The van der Waals surface area contributed by atoms with Crippen molar-refractivity contribution in [1.82, 2.24) is 0 Å². The summed E-state index contributed by atoms with van der Waals surface area (Å²) in [5.41, 5.74) is 0. The van der Waals surface area contributed by atoms with E-state index in [-0.39, 0.29) is 18.4 Å². The zero-order chi connectivity index (χ0) is 2.71. The first kappa shape index (κ1) is 57.0. The Hall–Kier alpha value is -0.680. The second-order valence-electron chi connectivity index (χ2n) is 0.118. The average Bonchev–Trinajstić information content (AvgIpc) is 0.918. The van der Waals surface area contributed by atoms with Gasteiger partial charge in [-0.3, -0.25) is 0 Å².